The Balaban J connectivity index is 1.91. The summed E-state index contributed by atoms with van der Waals surface area (Å²) in [6.07, 6.45) is 1.73. The fraction of sp³-hybridized carbons (Fsp3) is 0.357. The van der Waals surface area contributed by atoms with Gasteiger partial charge in [0.05, 0.1) is 12.2 Å². The van der Waals surface area contributed by atoms with Crippen LogP contribution in [0.25, 0.3) is 11.3 Å². The first-order valence-electron chi connectivity index (χ1n) is 6.31. The van der Waals surface area contributed by atoms with E-state index in [4.69, 9.17) is 13.9 Å². The van der Waals surface area contributed by atoms with Crippen molar-refractivity contribution in [2.75, 3.05) is 20.3 Å². The average molecular weight is 260 g/mol. The maximum atomic E-state index is 5.74. The van der Waals surface area contributed by atoms with Crippen LogP contribution in [0.3, 0.4) is 0 Å². The van der Waals surface area contributed by atoms with Gasteiger partial charge in [0, 0.05) is 5.56 Å². The second kappa shape index (κ2) is 4.93. The number of nitrogens with one attached hydrogen (secondary N) is 1. The quantitative estimate of drug-likeness (QED) is 0.918. The molecule has 1 aromatic carbocycles. The predicted octanol–water partition coefficient (Wildman–Crippen LogP) is 2.39. The standard InChI is InChI=1S/C14H16N2O3/c1-9(15-2)14-16-8-13(19-14)10-3-4-11-12(7-10)18-6-5-17-11/h3-4,7-9,15H,5-6H2,1-2H3. The zero-order valence-electron chi connectivity index (χ0n) is 11.0. The van der Waals surface area contributed by atoms with Crippen molar-refractivity contribution in [2.45, 2.75) is 13.0 Å². The van der Waals surface area contributed by atoms with Crippen molar-refractivity contribution in [1.82, 2.24) is 10.3 Å². The Morgan fingerprint density at radius 2 is 2.00 bits per heavy atom. The van der Waals surface area contributed by atoms with E-state index in [1.54, 1.807) is 6.20 Å². The number of hydrogen-bond donors (Lipinski definition) is 1. The summed E-state index contributed by atoms with van der Waals surface area (Å²) >= 11 is 0. The summed E-state index contributed by atoms with van der Waals surface area (Å²) in [6, 6.07) is 5.85. The average Bonchev–Trinajstić information content (AvgIpc) is 2.95. The molecule has 100 valence electrons. The summed E-state index contributed by atoms with van der Waals surface area (Å²) in [4.78, 5) is 4.27. The highest BCUT2D eigenvalue weighted by molar-refractivity contribution is 5.62. The zero-order chi connectivity index (χ0) is 13.2. The third-order valence-electron chi connectivity index (χ3n) is 3.15. The van der Waals surface area contributed by atoms with E-state index in [0.717, 1.165) is 22.8 Å². The van der Waals surface area contributed by atoms with Crippen molar-refractivity contribution in [3.05, 3.63) is 30.3 Å². The van der Waals surface area contributed by atoms with Crippen molar-refractivity contribution >= 4 is 0 Å². The third-order valence-corrected chi connectivity index (χ3v) is 3.15. The van der Waals surface area contributed by atoms with Crippen LogP contribution < -0.4 is 14.8 Å². The number of nitrogens with zero attached hydrogens (tertiary/aromatic N) is 1. The monoisotopic (exact) mass is 260 g/mol. The fourth-order valence-corrected chi connectivity index (χ4v) is 1.94. The van der Waals surface area contributed by atoms with E-state index >= 15 is 0 Å². The lowest BCUT2D eigenvalue weighted by molar-refractivity contribution is 0.171. The summed E-state index contributed by atoms with van der Waals surface area (Å²) in [5.74, 6) is 2.93. The van der Waals surface area contributed by atoms with Gasteiger partial charge in [0.2, 0.25) is 5.89 Å². The number of aromatic nitrogens is 1. The first-order chi connectivity index (χ1) is 9.28. The topological polar surface area (TPSA) is 56.5 Å². The molecule has 19 heavy (non-hydrogen) atoms. The van der Waals surface area contributed by atoms with Crippen LogP contribution in [0.1, 0.15) is 18.9 Å². The van der Waals surface area contributed by atoms with E-state index in [2.05, 4.69) is 10.3 Å². The van der Waals surface area contributed by atoms with Gasteiger partial charge in [0.25, 0.3) is 0 Å². The molecule has 0 fully saturated rings. The highest BCUT2D eigenvalue weighted by Crippen LogP contribution is 2.34. The van der Waals surface area contributed by atoms with Gasteiger partial charge < -0.3 is 19.2 Å². The molecule has 3 rings (SSSR count). The molecule has 2 heterocycles. The van der Waals surface area contributed by atoms with Gasteiger partial charge in [-0.1, -0.05) is 0 Å². The summed E-state index contributed by atoms with van der Waals surface area (Å²) < 4.78 is 16.8. The summed E-state index contributed by atoms with van der Waals surface area (Å²) in [5.41, 5.74) is 0.936. The van der Waals surface area contributed by atoms with Crippen molar-refractivity contribution in [3.63, 3.8) is 0 Å². The first-order valence-corrected chi connectivity index (χ1v) is 6.31. The molecule has 1 aliphatic heterocycles. The van der Waals surface area contributed by atoms with Gasteiger partial charge in [-0.05, 0) is 32.2 Å². The molecule has 0 radical (unpaired) electrons. The lowest BCUT2D eigenvalue weighted by Crippen LogP contribution is -2.15. The van der Waals surface area contributed by atoms with Crippen LogP contribution >= 0.6 is 0 Å². The van der Waals surface area contributed by atoms with Crippen molar-refractivity contribution < 1.29 is 13.9 Å². The number of oxazole rings is 1. The van der Waals surface area contributed by atoms with Gasteiger partial charge in [-0.2, -0.15) is 0 Å². The van der Waals surface area contributed by atoms with Gasteiger partial charge in [0.15, 0.2) is 17.3 Å². The van der Waals surface area contributed by atoms with Crippen LogP contribution in [0.5, 0.6) is 11.5 Å². The molecule has 1 aromatic heterocycles. The van der Waals surface area contributed by atoms with Gasteiger partial charge >= 0.3 is 0 Å². The van der Waals surface area contributed by atoms with Crippen molar-refractivity contribution in [3.8, 4) is 22.8 Å². The summed E-state index contributed by atoms with van der Waals surface area (Å²) in [7, 11) is 1.87. The molecule has 0 spiro atoms. The second-order valence-electron chi connectivity index (χ2n) is 4.43. The molecular formula is C14H16N2O3. The SMILES string of the molecule is CNC(C)c1ncc(-c2ccc3c(c2)OCCO3)o1. The molecule has 0 bridgehead atoms. The summed E-state index contributed by atoms with van der Waals surface area (Å²) in [5, 5.41) is 3.09. The molecule has 5 heteroatoms. The molecule has 0 aliphatic carbocycles. The van der Waals surface area contributed by atoms with Crippen LogP contribution in [-0.2, 0) is 0 Å². The lowest BCUT2D eigenvalue weighted by Gasteiger charge is -2.18. The van der Waals surface area contributed by atoms with E-state index in [1.165, 1.54) is 0 Å². The molecule has 0 saturated heterocycles. The van der Waals surface area contributed by atoms with Gasteiger partial charge in [-0.15, -0.1) is 0 Å². The number of ether oxygens (including phenoxy) is 2. The number of hydrogen-bond acceptors (Lipinski definition) is 5. The van der Waals surface area contributed by atoms with Crippen LogP contribution in [0.15, 0.2) is 28.8 Å². The van der Waals surface area contributed by atoms with Crippen LogP contribution in [-0.4, -0.2) is 25.2 Å². The maximum absolute atomic E-state index is 5.74. The molecule has 2 aromatic rings. The van der Waals surface area contributed by atoms with E-state index in [0.29, 0.717) is 19.1 Å². The molecular weight excluding hydrogens is 244 g/mol. The molecule has 0 saturated carbocycles. The molecule has 1 unspecified atom stereocenters. The van der Waals surface area contributed by atoms with Gasteiger partial charge in [-0.3, -0.25) is 0 Å². The lowest BCUT2D eigenvalue weighted by atomic mass is 10.1. The Labute approximate surface area is 111 Å². The molecule has 1 aliphatic rings. The normalized spacial score (nSPS) is 15.3. The van der Waals surface area contributed by atoms with Crippen molar-refractivity contribution in [2.24, 2.45) is 0 Å². The Kier molecular flexibility index (Phi) is 3.13. The third kappa shape index (κ3) is 2.29. The van der Waals surface area contributed by atoms with Crippen LogP contribution in [0, 0.1) is 0 Å². The van der Waals surface area contributed by atoms with E-state index in [-0.39, 0.29) is 6.04 Å². The minimum absolute atomic E-state index is 0.0889. The molecule has 0 amide bonds. The number of fused-ring (bicyclic) bond motifs is 1. The predicted molar refractivity (Wildman–Crippen MR) is 70.4 cm³/mol. The second-order valence-corrected chi connectivity index (χ2v) is 4.43. The van der Waals surface area contributed by atoms with Crippen LogP contribution in [0.2, 0.25) is 0 Å². The number of rotatable bonds is 3. The molecule has 1 N–H and O–H groups in total. The van der Waals surface area contributed by atoms with Crippen molar-refractivity contribution in [1.29, 1.82) is 0 Å². The fourth-order valence-electron chi connectivity index (χ4n) is 1.94. The summed E-state index contributed by atoms with van der Waals surface area (Å²) in [6.45, 7) is 3.17. The highest BCUT2D eigenvalue weighted by atomic mass is 16.6. The molecule has 1 atom stereocenters. The van der Waals surface area contributed by atoms with E-state index < -0.39 is 0 Å². The Morgan fingerprint density at radius 1 is 1.21 bits per heavy atom. The van der Waals surface area contributed by atoms with Gasteiger partial charge in [-0.25, -0.2) is 4.98 Å². The maximum Gasteiger partial charge on any atom is 0.211 e. The van der Waals surface area contributed by atoms with E-state index in [1.807, 2.05) is 32.2 Å². The molecule has 5 nitrogen and oxygen atoms in total. The van der Waals surface area contributed by atoms with E-state index in [9.17, 15) is 0 Å². The minimum atomic E-state index is 0.0889. The zero-order valence-corrected chi connectivity index (χ0v) is 11.0. The Bertz CT molecular complexity index is 580. The minimum Gasteiger partial charge on any atom is -0.486 e. The Morgan fingerprint density at radius 3 is 2.79 bits per heavy atom. The highest BCUT2D eigenvalue weighted by Gasteiger charge is 2.15. The smallest absolute Gasteiger partial charge is 0.211 e. The van der Waals surface area contributed by atoms with Gasteiger partial charge in [0.1, 0.15) is 13.2 Å². The first kappa shape index (κ1) is 12.0. The van der Waals surface area contributed by atoms with Crippen LogP contribution in [0.4, 0.5) is 0 Å². The number of benzene rings is 1. The largest absolute Gasteiger partial charge is 0.486 e. The Hall–Kier alpha value is -2.01.